The Morgan fingerprint density at radius 2 is 2.11 bits per heavy atom. The van der Waals surface area contributed by atoms with E-state index in [0.29, 0.717) is 17.8 Å². The fourth-order valence-corrected chi connectivity index (χ4v) is 2.02. The van der Waals surface area contributed by atoms with E-state index in [1.165, 1.54) is 7.11 Å². The molecule has 0 radical (unpaired) electrons. The number of ether oxygens (including phenoxy) is 1. The molecular formula is C14H22N2O3. The highest BCUT2D eigenvalue weighted by Crippen LogP contribution is 2.27. The molecule has 1 aromatic carbocycles. The van der Waals surface area contributed by atoms with E-state index in [-0.39, 0.29) is 12.6 Å². The number of aliphatic hydroxyl groups is 1. The molecule has 5 nitrogen and oxygen atoms in total. The Morgan fingerprint density at radius 3 is 2.58 bits per heavy atom. The van der Waals surface area contributed by atoms with Gasteiger partial charge in [0.15, 0.2) is 0 Å². The van der Waals surface area contributed by atoms with Gasteiger partial charge in [0.05, 0.1) is 19.3 Å². The van der Waals surface area contributed by atoms with Crippen LogP contribution in [0.25, 0.3) is 0 Å². The number of aryl methyl sites for hydroxylation is 1. The first kappa shape index (κ1) is 15.3. The van der Waals surface area contributed by atoms with E-state index in [4.69, 9.17) is 15.6 Å². The lowest BCUT2D eigenvalue weighted by Crippen LogP contribution is -2.33. The molecule has 19 heavy (non-hydrogen) atoms. The highest BCUT2D eigenvalue weighted by atomic mass is 16.5. The Kier molecular flexibility index (Phi) is 5.18. The van der Waals surface area contributed by atoms with Crippen molar-refractivity contribution in [2.24, 2.45) is 0 Å². The second-order valence-corrected chi connectivity index (χ2v) is 4.73. The van der Waals surface area contributed by atoms with Crippen molar-refractivity contribution < 1.29 is 14.6 Å². The Hall–Kier alpha value is -1.75. The van der Waals surface area contributed by atoms with Crippen molar-refractivity contribution in [3.63, 3.8) is 0 Å². The van der Waals surface area contributed by atoms with Gasteiger partial charge in [-0.15, -0.1) is 0 Å². The van der Waals surface area contributed by atoms with E-state index < -0.39 is 5.97 Å². The zero-order chi connectivity index (χ0) is 14.6. The number of hydrogen-bond acceptors (Lipinski definition) is 5. The minimum atomic E-state index is -0.449. The van der Waals surface area contributed by atoms with E-state index in [9.17, 15) is 4.79 Å². The molecule has 0 spiro atoms. The van der Waals surface area contributed by atoms with Crippen molar-refractivity contribution in [2.45, 2.75) is 26.8 Å². The third kappa shape index (κ3) is 3.38. The first-order valence-electron chi connectivity index (χ1n) is 6.28. The van der Waals surface area contributed by atoms with Crippen molar-refractivity contribution >= 4 is 17.3 Å². The molecule has 1 rings (SSSR count). The molecule has 0 atom stereocenters. The standard InChI is InChI=1S/C14H22N2O3/c1-9(2)16(5-6-17)11-7-10(3)13(15)12(8-11)14(18)19-4/h7-9,17H,5-6,15H2,1-4H3. The predicted molar refractivity (Wildman–Crippen MR) is 76.5 cm³/mol. The van der Waals surface area contributed by atoms with Crippen molar-refractivity contribution in [3.8, 4) is 0 Å². The normalized spacial score (nSPS) is 10.6. The van der Waals surface area contributed by atoms with Crippen LogP contribution in [0, 0.1) is 6.92 Å². The molecule has 0 aliphatic rings. The highest BCUT2D eigenvalue weighted by Gasteiger charge is 2.17. The molecule has 5 heteroatoms. The van der Waals surface area contributed by atoms with Crippen LogP contribution in [-0.2, 0) is 4.74 Å². The minimum Gasteiger partial charge on any atom is -0.465 e. The van der Waals surface area contributed by atoms with Gasteiger partial charge >= 0.3 is 5.97 Å². The van der Waals surface area contributed by atoms with Crippen LogP contribution >= 0.6 is 0 Å². The second-order valence-electron chi connectivity index (χ2n) is 4.73. The van der Waals surface area contributed by atoms with Crippen LogP contribution in [0.3, 0.4) is 0 Å². The first-order valence-corrected chi connectivity index (χ1v) is 6.28. The summed E-state index contributed by atoms with van der Waals surface area (Å²) < 4.78 is 4.74. The number of nitrogens with two attached hydrogens (primary N) is 1. The number of anilines is 2. The molecule has 3 N–H and O–H groups in total. The summed E-state index contributed by atoms with van der Waals surface area (Å²) in [5.41, 5.74) is 8.38. The molecule has 106 valence electrons. The lowest BCUT2D eigenvalue weighted by Gasteiger charge is -2.29. The topological polar surface area (TPSA) is 75.8 Å². The van der Waals surface area contributed by atoms with Crippen LogP contribution in [-0.4, -0.2) is 37.4 Å². The number of esters is 1. The number of carbonyl (C=O) groups is 1. The zero-order valence-corrected chi connectivity index (χ0v) is 11.9. The van der Waals surface area contributed by atoms with Crippen molar-refractivity contribution in [2.75, 3.05) is 30.9 Å². The van der Waals surface area contributed by atoms with Crippen molar-refractivity contribution in [3.05, 3.63) is 23.3 Å². The smallest absolute Gasteiger partial charge is 0.340 e. The fraction of sp³-hybridized carbons (Fsp3) is 0.500. The monoisotopic (exact) mass is 266 g/mol. The molecular weight excluding hydrogens is 244 g/mol. The van der Waals surface area contributed by atoms with Crippen LogP contribution in [0.5, 0.6) is 0 Å². The number of methoxy groups -OCH3 is 1. The van der Waals surface area contributed by atoms with Gasteiger partial charge in [0.1, 0.15) is 0 Å². The Labute approximate surface area is 114 Å². The molecule has 0 fully saturated rings. The molecule has 0 aliphatic heterocycles. The number of aliphatic hydroxyl groups excluding tert-OH is 1. The largest absolute Gasteiger partial charge is 0.465 e. The number of rotatable bonds is 5. The van der Waals surface area contributed by atoms with Crippen LogP contribution in [0.1, 0.15) is 29.8 Å². The van der Waals surface area contributed by atoms with E-state index in [0.717, 1.165) is 11.3 Å². The van der Waals surface area contributed by atoms with Crippen molar-refractivity contribution in [1.29, 1.82) is 0 Å². The van der Waals surface area contributed by atoms with Crippen LogP contribution < -0.4 is 10.6 Å². The minimum absolute atomic E-state index is 0.0508. The quantitative estimate of drug-likeness (QED) is 0.625. The average Bonchev–Trinajstić information content (AvgIpc) is 2.37. The van der Waals surface area contributed by atoms with Gasteiger partial charge in [-0.2, -0.15) is 0 Å². The van der Waals surface area contributed by atoms with Gasteiger partial charge in [-0.05, 0) is 38.5 Å². The summed E-state index contributed by atoms with van der Waals surface area (Å²) in [6, 6.07) is 3.84. The van der Waals surface area contributed by atoms with Gasteiger partial charge in [0.2, 0.25) is 0 Å². The maximum Gasteiger partial charge on any atom is 0.340 e. The number of nitrogens with zero attached hydrogens (tertiary/aromatic N) is 1. The average molecular weight is 266 g/mol. The third-order valence-corrected chi connectivity index (χ3v) is 3.07. The van der Waals surface area contributed by atoms with E-state index >= 15 is 0 Å². The molecule has 0 bridgehead atoms. The van der Waals surface area contributed by atoms with Gasteiger partial charge in [0.25, 0.3) is 0 Å². The van der Waals surface area contributed by atoms with Gasteiger partial charge in [-0.25, -0.2) is 4.79 Å². The summed E-state index contributed by atoms with van der Waals surface area (Å²) in [6.45, 7) is 6.46. The summed E-state index contributed by atoms with van der Waals surface area (Å²) in [5, 5.41) is 9.14. The lowest BCUT2D eigenvalue weighted by atomic mass is 10.1. The zero-order valence-electron chi connectivity index (χ0n) is 11.9. The second kappa shape index (κ2) is 6.43. The molecule has 0 unspecified atom stereocenters. The molecule has 1 aromatic rings. The summed E-state index contributed by atoms with van der Waals surface area (Å²) in [7, 11) is 1.33. The fourth-order valence-electron chi connectivity index (χ4n) is 2.02. The molecule has 0 amide bonds. The summed E-state index contributed by atoms with van der Waals surface area (Å²) in [5.74, 6) is -0.449. The van der Waals surface area contributed by atoms with E-state index in [1.54, 1.807) is 6.07 Å². The highest BCUT2D eigenvalue weighted by molar-refractivity contribution is 5.97. The van der Waals surface area contributed by atoms with Crippen LogP contribution in [0.4, 0.5) is 11.4 Å². The number of hydrogen-bond donors (Lipinski definition) is 2. The Morgan fingerprint density at radius 1 is 1.47 bits per heavy atom. The summed E-state index contributed by atoms with van der Waals surface area (Å²) in [4.78, 5) is 13.7. The molecule has 0 heterocycles. The molecule has 0 aliphatic carbocycles. The summed E-state index contributed by atoms with van der Waals surface area (Å²) in [6.07, 6.45) is 0. The molecule has 0 saturated heterocycles. The van der Waals surface area contributed by atoms with Crippen LogP contribution in [0.2, 0.25) is 0 Å². The molecule has 0 aromatic heterocycles. The maximum atomic E-state index is 11.7. The van der Waals surface area contributed by atoms with E-state index in [2.05, 4.69) is 0 Å². The van der Waals surface area contributed by atoms with Gasteiger partial charge < -0.3 is 20.5 Å². The predicted octanol–water partition coefficient (Wildman–Crippen LogP) is 1.57. The van der Waals surface area contributed by atoms with E-state index in [1.807, 2.05) is 31.7 Å². The third-order valence-electron chi connectivity index (χ3n) is 3.07. The number of nitrogen functional groups attached to an aromatic ring is 1. The Bertz CT molecular complexity index is 458. The molecule has 0 saturated carbocycles. The van der Waals surface area contributed by atoms with Gasteiger partial charge in [-0.3, -0.25) is 0 Å². The number of carbonyl (C=O) groups excluding carboxylic acids is 1. The first-order chi connectivity index (χ1) is 8.92. The maximum absolute atomic E-state index is 11.7. The summed E-state index contributed by atoms with van der Waals surface area (Å²) >= 11 is 0. The number of benzene rings is 1. The SMILES string of the molecule is COC(=O)c1cc(N(CCO)C(C)C)cc(C)c1N. The van der Waals surface area contributed by atoms with Gasteiger partial charge in [0, 0.05) is 24.0 Å². The Balaban J connectivity index is 3.28. The lowest BCUT2D eigenvalue weighted by molar-refractivity contribution is 0.0602. The van der Waals surface area contributed by atoms with Gasteiger partial charge in [-0.1, -0.05) is 0 Å². The van der Waals surface area contributed by atoms with Crippen LogP contribution in [0.15, 0.2) is 12.1 Å². The van der Waals surface area contributed by atoms with Crippen molar-refractivity contribution in [1.82, 2.24) is 0 Å².